The Labute approximate surface area is 61.7 Å². The Morgan fingerprint density at radius 3 is 2.36 bits per heavy atom. The van der Waals surface area contributed by atoms with Crippen molar-refractivity contribution in [2.45, 2.75) is 12.6 Å². The lowest BCUT2D eigenvalue weighted by atomic mass is 10.4. The molecule has 0 bridgehead atoms. The average Bonchev–Trinajstić information content (AvgIpc) is 1.78. The van der Waals surface area contributed by atoms with Gasteiger partial charge in [-0.25, -0.2) is 0 Å². The van der Waals surface area contributed by atoms with Crippen molar-refractivity contribution in [3.63, 3.8) is 0 Å². The molecule has 0 aromatic rings. The second kappa shape index (κ2) is 4.17. The van der Waals surface area contributed by atoms with Gasteiger partial charge >= 0.3 is 6.18 Å². The van der Waals surface area contributed by atoms with E-state index in [2.05, 4.69) is 5.73 Å². The molecule has 0 aromatic heterocycles. The summed E-state index contributed by atoms with van der Waals surface area (Å²) in [5.74, 6) is -0.611. The fourth-order valence-electron chi connectivity index (χ4n) is 0.442. The van der Waals surface area contributed by atoms with Gasteiger partial charge in [0, 0.05) is 13.0 Å². The summed E-state index contributed by atoms with van der Waals surface area (Å²) in [6.45, 7) is -1.12. The van der Waals surface area contributed by atoms with Crippen molar-refractivity contribution >= 4 is 5.91 Å². The zero-order valence-corrected chi connectivity index (χ0v) is 5.74. The first-order chi connectivity index (χ1) is 4.92. The lowest BCUT2D eigenvalue weighted by Crippen LogP contribution is -2.31. The van der Waals surface area contributed by atoms with Gasteiger partial charge in [0.2, 0.25) is 5.91 Å². The number of carbonyl (C=O) groups is 1. The van der Waals surface area contributed by atoms with Crippen LogP contribution in [0, 0.1) is 0 Å². The highest BCUT2D eigenvalue weighted by Gasteiger charge is 2.25. The van der Waals surface area contributed by atoms with Gasteiger partial charge in [0.05, 0.1) is 6.54 Å². The lowest BCUT2D eigenvalue weighted by molar-refractivity contribution is -0.126. The van der Waals surface area contributed by atoms with E-state index >= 15 is 0 Å². The van der Waals surface area contributed by atoms with Gasteiger partial charge in [-0.05, 0) is 0 Å². The maximum Gasteiger partial charge on any atom is 0.401 e. The summed E-state index contributed by atoms with van der Waals surface area (Å²) < 4.78 is 34.2. The number of halogens is 3. The van der Waals surface area contributed by atoms with Gasteiger partial charge < -0.3 is 11.1 Å². The van der Waals surface area contributed by atoms with Crippen LogP contribution in [0.1, 0.15) is 6.42 Å². The summed E-state index contributed by atoms with van der Waals surface area (Å²) >= 11 is 0. The minimum Gasteiger partial charge on any atom is -0.370 e. The van der Waals surface area contributed by atoms with Crippen LogP contribution in [0.2, 0.25) is 0 Å². The molecule has 0 radical (unpaired) electrons. The van der Waals surface area contributed by atoms with Gasteiger partial charge in [0.25, 0.3) is 0 Å². The first-order valence-electron chi connectivity index (χ1n) is 2.97. The number of rotatable bonds is 4. The Morgan fingerprint density at radius 1 is 1.45 bits per heavy atom. The van der Waals surface area contributed by atoms with Crippen LogP contribution in [0.15, 0.2) is 0 Å². The molecule has 0 spiro atoms. The fourth-order valence-corrected chi connectivity index (χ4v) is 0.442. The molecule has 0 saturated heterocycles. The second-order valence-corrected chi connectivity index (χ2v) is 2.01. The predicted molar refractivity (Wildman–Crippen MR) is 32.7 cm³/mol. The number of alkyl halides is 3. The zero-order chi connectivity index (χ0) is 8.91. The molecule has 66 valence electrons. The number of amides is 1. The third-order valence-corrected chi connectivity index (χ3v) is 0.874. The molecule has 0 aliphatic rings. The van der Waals surface area contributed by atoms with E-state index in [4.69, 9.17) is 0 Å². The van der Waals surface area contributed by atoms with Crippen molar-refractivity contribution in [3.8, 4) is 0 Å². The first-order valence-corrected chi connectivity index (χ1v) is 2.97. The summed E-state index contributed by atoms with van der Waals surface area (Å²) in [6, 6.07) is 0. The highest BCUT2D eigenvalue weighted by atomic mass is 19.4. The molecule has 0 heterocycles. The van der Waals surface area contributed by atoms with E-state index in [-0.39, 0.29) is 13.0 Å². The fraction of sp³-hybridized carbons (Fsp3) is 0.800. The van der Waals surface area contributed by atoms with Gasteiger partial charge in [-0.3, -0.25) is 4.79 Å². The maximum atomic E-state index is 11.4. The van der Waals surface area contributed by atoms with Gasteiger partial charge in [0.1, 0.15) is 0 Å². The van der Waals surface area contributed by atoms with E-state index in [1.54, 1.807) is 0 Å². The van der Waals surface area contributed by atoms with Crippen molar-refractivity contribution in [2.75, 3.05) is 13.1 Å². The van der Waals surface area contributed by atoms with Crippen molar-refractivity contribution in [1.29, 1.82) is 0 Å². The van der Waals surface area contributed by atoms with E-state index in [1.165, 1.54) is 0 Å². The van der Waals surface area contributed by atoms with E-state index in [0.29, 0.717) is 0 Å². The number of carbonyl (C=O) groups excluding carboxylic acids is 1. The largest absolute Gasteiger partial charge is 0.401 e. The quantitative estimate of drug-likeness (QED) is 0.584. The normalized spacial score (nSPS) is 11.5. The van der Waals surface area contributed by atoms with E-state index in [0.717, 1.165) is 0 Å². The zero-order valence-electron chi connectivity index (χ0n) is 5.74. The van der Waals surface area contributed by atoms with Crippen LogP contribution in [0.4, 0.5) is 13.2 Å². The Bertz CT molecular complexity index is 134. The number of nitrogens with one attached hydrogen (secondary N) is 1. The van der Waals surface area contributed by atoms with Gasteiger partial charge in [-0.2, -0.15) is 13.2 Å². The summed E-state index contributed by atoms with van der Waals surface area (Å²) in [5.41, 5.74) is 4.68. The highest BCUT2D eigenvalue weighted by Crippen LogP contribution is 2.11. The Balaban J connectivity index is 3.22. The molecule has 0 saturated carbocycles. The van der Waals surface area contributed by atoms with E-state index < -0.39 is 18.6 Å². The second-order valence-electron chi connectivity index (χ2n) is 2.01. The lowest BCUT2D eigenvalue weighted by Gasteiger charge is -2.06. The first kappa shape index (κ1) is 10.2. The van der Waals surface area contributed by atoms with Crippen LogP contribution in [0.5, 0.6) is 0 Å². The van der Waals surface area contributed by atoms with E-state index in [9.17, 15) is 18.0 Å². The molecule has 11 heavy (non-hydrogen) atoms. The smallest absolute Gasteiger partial charge is 0.370 e. The SMILES string of the molecule is NC(=O)CCNCC(F)(F)F. The number of hydrogen-bond donors (Lipinski definition) is 2. The summed E-state index contributed by atoms with van der Waals surface area (Å²) in [5, 5.41) is 2.03. The molecular weight excluding hydrogens is 161 g/mol. The molecule has 1 amide bonds. The molecule has 0 rings (SSSR count). The van der Waals surface area contributed by atoms with Gasteiger partial charge in [-0.1, -0.05) is 0 Å². The van der Waals surface area contributed by atoms with Crippen LogP contribution >= 0.6 is 0 Å². The van der Waals surface area contributed by atoms with Gasteiger partial charge in [0.15, 0.2) is 0 Å². The summed E-state index contributed by atoms with van der Waals surface area (Å²) in [7, 11) is 0. The molecule has 0 fully saturated rings. The third-order valence-electron chi connectivity index (χ3n) is 0.874. The molecular formula is C5H9F3N2O. The standard InChI is InChI=1S/C5H9F3N2O/c6-5(7,8)3-10-2-1-4(9)11/h10H,1-3H2,(H2,9,11). The van der Waals surface area contributed by atoms with E-state index in [1.807, 2.05) is 5.32 Å². The Kier molecular flexibility index (Phi) is 3.88. The topological polar surface area (TPSA) is 55.1 Å². The molecule has 0 atom stereocenters. The number of hydrogen-bond acceptors (Lipinski definition) is 2. The van der Waals surface area contributed by atoms with Crippen LogP contribution in [-0.2, 0) is 4.79 Å². The van der Waals surface area contributed by atoms with Crippen molar-refractivity contribution in [3.05, 3.63) is 0 Å². The number of primary amides is 1. The summed E-state index contributed by atoms with van der Waals surface area (Å²) in [4.78, 5) is 10.0. The Morgan fingerprint density at radius 2 is 2.00 bits per heavy atom. The Hall–Kier alpha value is -0.780. The van der Waals surface area contributed by atoms with Crippen molar-refractivity contribution < 1.29 is 18.0 Å². The van der Waals surface area contributed by atoms with Crippen LogP contribution in [0.25, 0.3) is 0 Å². The summed E-state index contributed by atoms with van der Waals surface area (Å²) in [6.07, 6.45) is -4.30. The average molecular weight is 170 g/mol. The van der Waals surface area contributed by atoms with Crippen LogP contribution in [0.3, 0.4) is 0 Å². The molecule has 0 aliphatic carbocycles. The molecule has 0 aromatic carbocycles. The van der Waals surface area contributed by atoms with Crippen molar-refractivity contribution in [1.82, 2.24) is 5.32 Å². The molecule has 0 aliphatic heterocycles. The minimum absolute atomic E-state index is 0.0329. The minimum atomic E-state index is -4.22. The molecule has 3 N–H and O–H groups in total. The molecule has 6 heteroatoms. The van der Waals surface area contributed by atoms with Crippen molar-refractivity contribution in [2.24, 2.45) is 5.73 Å². The van der Waals surface area contributed by atoms with Crippen LogP contribution in [-0.4, -0.2) is 25.2 Å². The van der Waals surface area contributed by atoms with Gasteiger partial charge in [-0.15, -0.1) is 0 Å². The van der Waals surface area contributed by atoms with Crippen LogP contribution < -0.4 is 11.1 Å². The third kappa shape index (κ3) is 9.22. The monoisotopic (exact) mass is 170 g/mol. The maximum absolute atomic E-state index is 11.4. The predicted octanol–water partition coefficient (Wildman–Crippen LogP) is 0.0137. The highest BCUT2D eigenvalue weighted by molar-refractivity contribution is 5.73. The molecule has 0 unspecified atom stereocenters. The number of nitrogens with two attached hydrogens (primary N) is 1. The molecule has 3 nitrogen and oxygen atoms in total.